The molecule has 3 aromatic carbocycles. The largest absolute Gasteiger partial charge is 0.492 e. The topological polar surface area (TPSA) is 96.7 Å². The van der Waals surface area contributed by atoms with Crippen LogP contribution in [0.3, 0.4) is 0 Å². The maximum absolute atomic E-state index is 14.3. The number of carbonyl (C=O) groups excluding carboxylic acids is 1. The summed E-state index contributed by atoms with van der Waals surface area (Å²) in [5.74, 6) is -0.750. The van der Waals surface area contributed by atoms with E-state index in [-0.39, 0.29) is 5.56 Å². The fourth-order valence-electron chi connectivity index (χ4n) is 6.70. The van der Waals surface area contributed by atoms with Crippen molar-refractivity contribution in [2.75, 3.05) is 36.9 Å². The van der Waals surface area contributed by atoms with Gasteiger partial charge < -0.3 is 20.3 Å². The Morgan fingerprint density at radius 2 is 1.73 bits per heavy atom. The van der Waals surface area contributed by atoms with Crippen LogP contribution in [0.5, 0.6) is 5.75 Å². The molecule has 1 fully saturated rings. The van der Waals surface area contributed by atoms with Crippen molar-refractivity contribution in [1.82, 2.24) is 24.3 Å². The lowest BCUT2D eigenvalue weighted by Crippen LogP contribution is -2.33. The van der Waals surface area contributed by atoms with E-state index in [9.17, 15) is 13.6 Å². The molecule has 260 valence electrons. The van der Waals surface area contributed by atoms with Gasteiger partial charge in [0, 0.05) is 23.5 Å². The first-order valence-electron chi connectivity index (χ1n) is 17.3. The van der Waals surface area contributed by atoms with Crippen molar-refractivity contribution >= 4 is 28.9 Å². The third kappa shape index (κ3) is 7.29. The van der Waals surface area contributed by atoms with E-state index >= 15 is 0 Å². The van der Waals surface area contributed by atoms with E-state index in [4.69, 9.17) is 14.7 Å². The van der Waals surface area contributed by atoms with Crippen LogP contribution in [0.25, 0.3) is 28.3 Å². The molecule has 0 unspecified atom stereocenters. The molecule has 7 rings (SSSR count). The number of rotatable bonds is 11. The minimum absolute atomic E-state index is 0.210. The Bertz CT molecular complexity index is 2160. The van der Waals surface area contributed by atoms with Gasteiger partial charge >= 0.3 is 0 Å². The summed E-state index contributed by atoms with van der Waals surface area (Å²) >= 11 is 0. The van der Waals surface area contributed by atoms with Gasteiger partial charge in [-0.3, -0.25) is 9.20 Å². The van der Waals surface area contributed by atoms with Crippen molar-refractivity contribution in [3.05, 3.63) is 120 Å². The van der Waals surface area contributed by atoms with Gasteiger partial charge in [-0.05, 0) is 112 Å². The van der Waals surface area contributed by atoms with Crippen LogP contribution in [0.4, 0.5) is 26.1 Å². The average molecular weight is 688 g/mol. The SMILES string of the molecule is CCCN1CCC(c2ccc(Nc3nccc(-c4c(-c5cccc(C(=O)Nc6c(F)cccc6F)c5)nc5ccccn45)n3)c(OCC)c2)CC1. The zero-order valence-corrected chi connectivity index (χ0v) is 28.6. The molecule has 1 amide bonds. The maximum Gasteiger partial charge on any atom is 0.255 e. The molecule has 11 heteroatoms. The number of likely N-dealkylation sites (tertiary alicyclic amines) is 1. The first-order valence-corrected chi connectivity index (χ1v) is 17.3. The van der Waals surface area contributed by atoms with Gasteiger partial charge in [0.15, 0.2) is 0 Å². The summed E-state index contributed by atoms with van der Waals surface area (Å²) in [5.41, 5.74) is 4.90. The molecular formula is C40H39F2N7O2. The third-order valence-corrected chi connectivity index (χ3v) is 9.18. The average Bonchev–Trinajstić information content (AvgIpc) is 3.55. The Morgan fingerprint density at radius 1 is 0.922 bits per heavy atom. The number of fused-ring (bicyclic) bond motifs is 1. The number of benzene rings is 3. The van der Waals surface area contributed by atoms with E-state index in [1.807, 2.05) is 47.9 Å². The molecule has 0 atom stereocenters. The summed E-state index contributed by atoms with van der Waals surface area (Å²) in [6.45, 7) is 8.09. The number of hydrogen-bond donors (Lipinski definition) is 2. The molecule has 1 saturated heterocycles. The fraction of sp³-hybridized carbons (Fsp3) is 0.250. The number of ether oxygens (including phenoxy) is 1. The Kier molecular flexibility index (Phi) is 9.98. The van der Waals surface area contributed by atoms with Crippen LogP contribution in [0, 0.1) is 11.6 Å². The normalized spacial score (nSPS) is 13.7. The van der Waals surface area contributed by atoms with Crippen molar-refractivity contribution in [3.63, 3.8) is 0 Å². The molecule has 3 aromatic heterocycles. The summed E-state index contributed by atoms with van der Waals surface area (Å²) in [5, 5.41) is 5.74. The van der Waals surface area contributed by atoms with Crippen LogP contribution < -0.4 is 15.4 Å². The molecule has 51 heavy (non-hydrogen) atoms. The molecule has 0 aliphatic carbocycles. The quantitative estimate of drug-likeness (QED) is 0.141. The summed E-state index contributed by atoms with van der Waals surface area (Å²) in [6, 6.07) is 24.0. The zero-order chi connectivity index (χ0) is 35.3. The number of aromatic nitrogens is 4. The third-order valence-electron chi connectivity index (χ3n) is 9.18. The van der Waals surface area contributed by atoms with Crippen molar-refractivity contribution in [3.8, 4) is 28.4 Å². The first-order chi connectivity index (χ1) is 24.9. The van der Waals surface area contributed by atoms with Crippen LogP contribution in [-0.2, 0) is 0 Å². The lowest BCUT2D eigenvalue weighted by molar-refractivity contribution is 0.102. The molecule has 1 aliphatic heterocycles. The number of nitrogens with zero attached hydrogens (tertiary/aromatic N) is 5. The molecule has 1 aliphatic rings. The number of imidazole rings is 1. The summed E-state index contributed by atoms with van der Waals surface area (Å²) in [7, 11) is 0. The van der Waals surface area contributed by atoms with E-state index in [0.29, 0.717) is 46.8 Å². The fourth-order valence-corrected chi connectivity index (χ4v) is 6.70. The molecule has 0 bridgehead atoms. The zero-order valence-electron chi connectivity index (χ0n) is 28.6. The molecule has 0 spiro atoms. The number of anilines is 3. The second-order valence-corrected chi connectivity index (χ2v) is 12.6. The van der Waals surface area contributed by atoms with Gasteiger partial charge in [-0.1, -0.05) is 37.3 Å². The number of halogens is 2. The van der Waals surface area contributed by atoms with Crippen molar-refractivity contribution in [2.45, 2.75) is 39.0 Å². The second kappa shape index (κ2) is 15.1. The van der Waals surface area contributed by atoms with Gasteiger partial charge in [0.2, 0.25) is 5.95 Å². The van der Waals surface area contributed by atoms with Crippen LogP contribution in [0.1, 0.15) is 54.9 Å². The molecule has 0 radical (unpaired) electrons. The summed E-state index contributed by atoms with van der Waals surface area (Å²) in [4.78, 5) is 30.0. The van der Waals surface area contributed by atoms with E-state index in [0.717, 1.165) is 56.0 Å². The molecule has 9 nitrogen and oxygen atoms in total. The van der Waals surface area contributed by atoms with Crippen LogP contribution in [-0.4, -0.2) is 56.4 Å². The predicted octanol–water partition coefficient (Wildman–Crippen LogP) is 8.72. The van der Waals surface area contributed by atoms with Gasteiger partial charge in [0.05, 0.1) is 29.4 Å². The summed E-state index contributed by atoms with van der Waals surface area (Å²) < 4.78 is 36.6. The number of amides is 1. The van der Waals surface area contributed by atoms with Crippen LogP contribution >= 0.6 is 0 Å². The summed E-state index contributed by atoms with van der Waals surface area (Å²) in [6.07, 6.45) is 7.01. The Morgan fingerprint density at radius 3 is 2.51 bits per heavy atom. The maximum atomic E-state index is 14.3. The number of hydrogen-bond acceptors (Lipinski definition) is 7. The van der Waals surface area contributed by atoms with E-state index in [2.05, 4.69) is 39.6 Å². The highest BCUT2D eigenvalue weighted by Gasteiger charge is 2.23. The minimum atomic E-state index is -0.859. The van der Waals surface area contributed by atoms with Crippen molar-refractivity contribution in [2.24, 2.45) is 0 Å². The highest BCUT2D eigenvalue weighted by molar-refractivity contribution is 6.05. The standard InChI is InChI=1S/C40H39F2N7O2/c1-3-20-48-22-17-26(18-23-48)27-14-15-32(34(25-27)51-4-2)44-40-43-19-16-33(45-40)38-36(46-35-13-5-6-21-49(35)38)28-9-7-10-29(24-28)39(50)47-37-30(41)11-8-12-31(37)42/h5-16,19,21,24-26H,3-4,17-18,20,22-23H2,1-2H3,(H,47,50)(H,43,44,45). The van der Waals surface area contributed by atoms with Crippen LogP contribution in [0.15, 0.2) is 97.3 Å². The molecule has 6 aromatic rings. The molecular weight excluding hydrogens is 648 g/mol. The van der Waals surface area contributed by atoms with Gasteiger partial charge in [0.1, 0.15) is 28.7 Å². The van der Waals surface area contributed by atoms with Gasteiger partial charge in [-0.25, -0.2) is 23.7 Å². The highest BCUT2D eigenvalue weighted by Crippen LogP contribution is 2.36. The van der Waals surface area contributed by atoms with Gasteiger partial charge in [-0.2, -0.15) is 0 Å². The smallest absolute Gasteiger partial charge is 0.255 e. The number of nitrogens with one attached hydrogen (secondary N) is 2. The first kappa shape index (κ1) is 33.8. The lowest BCUT2D eigenvalue weighted by atomic mass is 9.89. The van der Waals surface area contributed by atoms with Crippen LogP contribution in [0.2, 0.25) is 0 Å². The molecule has 0 saturated carbocycles. The lowest BCUT2D eigenvalue weighted by Gasteiger charge is -2.32. The van der Waals surface area contributed by atoms with Gasteiger partial charge in [-0.15, -0.1) is 0 Å². The highest BCUT2D eigenvalue weighted by atomic mass is 19.1. The number of pyridine rings is 1. The minimum Gasteiger partial charge on any atom is -0.492 e. The number of para-hydroxylation sites is 1. The van der Waals surface area contributed by atoms with Crippen molar-refractivity contribution in [1.29, 1.82) is 0 Å². The second-order valence-electron chi connectivity index (χ2n) is 12.6. The Hall–Kier alpha value is -5.68. The molecule has 2 N–H and O–H groups in total. The van der Waals surface area contributed by atoms with E-state index in [1.54, 1.807) is 30.5 Å². The van der Waals surface area contributed by atoms with Gasteiger partial charge in [0.25, 0.3) is 5.91 Å². The van der Waals surface area contributed by atoms with E-state index in [1.165, 1.54) is 18.1 Å². The van der Waals surface area contributed by atoms with E-state index < -0.39 is 23.2 Å². The monoisotopic (exact) mass is 687 g/mol. The number of piperidine rings is 1. The molecule has 4 heterocycles. The Balaban J connectivity index is 1.19. The predicted molar refractivity (Wildman–Crippen MR) is 196 cm³/mol. The Labute approximate surface area is 295 Å². The van der Waals surface area contributed by atoms with Crippen molar-refractivity contribution < 1.29 is 18.3 Å². The number of carbonyl (C=O) groups is 1.